The summed E-state index contributed by atoms with van der Waals surface area (Å²) in [5.74, 6) is 0.668. The van der Waals surface area contributed by atoms with Crippen LogP contribution in [0.3, 0.4) is 0 Å². The van der Waals surface area contributed by atoms with Crippen LogP contribution in [-0.2, 0) is 24.3 Å². The third kappa shape index (κ3) is 4.46. The molecule has 0 aliphatic carbocycles. The lowest BCUT2D eigenvalue weighted by atomic mass is 9.76. The van der Waals surface area contributed by atoms with Gasteiger partial charge in [0.1, 0.15) is 7.05 Å². The van der Waals surface area contributed by atoms with E-state index in [0.29, 0.717) is 5.92 Å². The molecule has 30 heavy (non-hydrogen) atoms. The number of fused-ring (bicyclic) bond motifs is 1. The highest BCUT2D eigenvalue weighted by molar-refractivity contribution is 5.94. The van der Waals surface area contributed by atoms with E-state index >= 15 is 0 Å². The fraction of sp³-hybridized carbons (Fsp3) is 0.483. The summed E-state index contributed by atoms with van der Waals surface area (Å²) in [4.78, 5) is 0. The van der Waals surface area contributed by atoms with Crippen molar-refractivity contribution < 1.29 is 4.57 Å². The fourth-order valence-electron chi connectivity index (χ4n) is 4.53. The molecule has 0 unspecified atom stereocenters. The largest absolute Gasteiger partial charge is 0.220 e. The van der Waals surface area contributed by atoms with Gasteiger partial charge < -0.3 is 0 Å². The van der Waals surface area contributed by atoms with E-state index in [1.165, 1.54) is 44.3 Å². The van der Waals surface area contributed by atoms with Gasteiger partial charge in [-0.2, -0.15) is 0 Å². The Hall–Kier alpha value is -2.15. The molecular weight excluding hydrogens is 362 g/mol. The molecule has 160 valence electrons. The van der Waals surface area contributed by atoms with Gasteiger partial charge in [0.15, 0.2) is 6.20 Å². The van der Waals surface area contributed by atoms with Crippen LogP contribution in [0.25, 0.3) is 22.0 Å². The van der Waals surface area contributed by atoms with Crippen molar-refractivity contribution in [3.63, 3.8) is 0 Å². The second kappa shape index (κ2) is 7.84. The summed E-state index contributed by atoms with van der Waals surface area (Å²) in [6, 6.07) is 14.2. The first-order valence-electron chi connectivity index (χ1n) is 11.4. The molecule has 0 bridgehead atoms. The van der Waals surface area contributed by atoms with Crippen LogP contribution in [0.2, 0.25) is 0 Å². The van der Waals surface area contributed by atoms with E-state index in [1.807, 2.05) is 0 Å². The lowest BCUT2D eigenvalue weighted by Gasteiger charge is -2.28. The van der Waals surface area contributed by atoms with E-state index in [4.69, 9.17) is 0 Å². The molecule has 0 aliphatic rings. The van der Waals surface area contributed by atoms with Crippen LogP contribution in [0, 0.1) is 12.8 Å². The van der Waals surface area contributed by atoms with Gasteiger partial charge in [0.2, 0.25) is 5.69 Å². The lowest BCUT2D eigenvalue weighted by molar-refractivity contribution is -0.659. The van der Waals surface area contributed by atoms with E-state index in [1.54, 1.807) is 0 Å². The van der Waals surface area contributed by atoms with Crippen molar-refractivity contribution in [2.75, 3.05) is 0 Å². The average molecular weight is 403 g/mol. The zero-order chi connectivity index (χ0) is 22.4. The maximum absolute atomic E-state index is 2.44. The van der Waals surface area contributed by atoms with Crippen molar-refractivity contribution in [1.29, 1.82) is 0 Å². The first kappa shape index (κ1) is 22.5. The number of aromatic nitrogens is 1. The van der Waals surface area contributed by atoms with Gasteiger partial charge in [0, 0.05) is 6.07 Å². The summed E-state index contributed by atoms with van der Waals surface area (Å²) in [7, 11) is 2.18. The van der Waals surface area contributed by atoms with Gasteiger partial charge in [0.05, 0.1) is 10.9 Å². The van der Waals surface area contributed by atoms with Gasteiger partial charge in [-0.1, -0.05) is 73.6 Å². The lowest BCUT2D eigenvalue weighted by Crippen LogP contribution is -2.31. The first-order chi connectivity index (χ1) is 13.8. The highest BCUT2D eigenvalue weighted by Crippen LogP contribution is 2.38. The van der Waals surface area contributed by atoms with Crippen LogP contribution in [0.15, 0.2) is 42.6 Å². The minimum Gasteiger partial charge on any atom is -0.200 e. The van der Waals surface area contributed by atoms with Crippen LogP contribution in [-0.4, -0.2) is 0 Å². The Balaban J connectivity index is 2.35. The molecule has 0 N–H and O–H groups in total. The second-order valence-corrected chi connectivity index (χ2v) is 11.5. The molecule has 1 heterocycles. The molecule has 0 amide bonds. The number of aryl methyl sites for hydroxylation is 1. The van der Waals surface area contributed by atoms with Gasteiger partial charge in [-0.05, 0) is 69.9 Å². The predicted molar refractivity (Wildman–Crippen MR) is 131 cm³/mol. The standard InChI is InChI=1S/C29H40N/c1-19(2)15-21-11-12-24-22(16-21)13-14-30(10)27(24)25-17-23(28(4,5)6)18-26(20(25)3)29(7,8)9/h11-14,16-19H,15H2,1-10H3/q+1. The van der Waals surface area contributed by atoms with Crippen LogP contribution in [0.1, 0.15) is 77.6 Å². The smallest absolute Gasteiger partial charge is 0.200 e. The number of pyridine rings is 1. The van der Waals surface area contributed by atoms with Crippen molar-refractivity contribution in [3.05, 3.63) is 64.8 Å². The van der Waals surface area contributed by atoms with Gasteiger partial charge in [-0.25, -0.2) is 4.57 Å². The minimum absolute atomic E-state index is 0.105. The van der Waals surface area contributed by atoms with E-state index in [-0.39, 0.29) is 10.8 Å². The molecular formula is C29H40N+. The van der Waals surface area contributed by atoms with E-state index < -0.39 is 0 Å². The molecule has 0 aliphatic heterocycles. The van der Waals surface area contributed by atoms with Crippen molar-refractivity contribution in [1.82, 2.24) is 0 Å². The topological polar surface area (TPSA) is 3.88 Å². The molecule has 3 rings (SSSR count). The minimum atomic E-state index is 0.105. The number of hydrogen-bond donors (Lipinski definition) is 0. The Kier molecular flexibility index (Phi) is 5.89. The van der Waals surface area contributed by atoms with Crippen LogP contribution < -0.4 is 4.57 Å². The predicted octanol–water partition coefficient (Wildman–Crippen LogP) is 7.43. The Labute approximate surface area is 184 Å². The van der Waals surface area contributed by atoms with Crippen molar-refractivity contribution in [3.8, 4) is 11.3 Å². The summed E-state index contributed by atoms with van der Waals surface area (Å²) in [5.41, 5.74) is 8.55. The molecule has 0 fully saturated rings. The fourth-order valence-corrected chi connectivity index (χ4v) is 4.53. The highest BCUT2D eigenvalue weighted by atomic mass is 14.9. The zero-order valence-electron chi connectivity index (χ0n) is 20.8. The number of hydrogen-bond acceptors (Lipinski definition) is 0. The van der Waals surface area contributed by atoms with Crippen molar-refractivity contribution in [2.24, 2.45) is 13.0 Å². The van der Waals surface area contributed by atoms with E-state index in [9.17, 15) is 0 Å². The summed E-state index contributed by atoms with van der Waals surface area (Å²) in [5, 5.41) is 2.67. The van der Waals surface area contributed by atoms with Crippen molar-refractivity contribution >= 4 is 10.8 Å². The first-order valence-corrected chi connectivity index (χ1v) is 11.4. The quantitative estimate of drug-likeness (QED) is 0.401. The van der Waals surface area contributed by atoms with Crippen LogP contribution in [0.4, 0.5) is 0 Å². The molecule has 2 aromatic carbocycles. The van der Waals surface area contributed by atoms with Crippen molar-refractivity contribution in [2.45, 2.75) is 79.6 Å². The maximum atomic E-state index is 2.44. The third-order valence-electron chi connectivity index (χ3n) is 6.18. The van der Waals surface area contributed by atoms with E-state index in [2.05, 4.69) is 117 Å². The molecule has 0 saturated carbocycles. The Morgan fingerprint density at radius 3 is 2.10 bits per heavy atom. The second-order valence-electron chi connectivity index (χ2n) is 11.5. The normalized spacial score (nSPS) is 12.8. The van der Waals surface area contributed by atoms with Gasteiger partial charge in [-0.15, -0.1) is 0 Å². The zero-order valence-corrected chi connectivity index (χ0v) is 20.8. The maximum Gasteiger partial charge on any atom is 0.220 e. The Morgan fingerprint density at radius 1 is 0.867 bits per heavy atom. The number of rotatable bonds is 3. The van der Waals surface area contributed by atoms with Gasteiger partial charge >= 0.3 is 0 Å². The summed E-state index contributed by atoms with van der Waals surface area (Å²) >= 11 is 0. The summed E-state index contributed by atoms with van der Waals surface area (Å²) in [6.07, 6.45) is 3.34. The van der Waals surface area contributed by atoms with Crippen LogP contribution >= 0.6 is 0 Å². The molecule has 0 radical (unpaired) electrons. The SMILES string of the molecule is Cc1c(-c2c3ccc(CC(C)C)cc3cc[n+]2C)cc(C(C)(C)C)cc1C(C)(C)C. The van der Waals surface area contributed by atoms with Gasteiger partial charge in [0.25, 0.3) is 0 Å². The average Bonchev–Trinajstić information content (AvgIpc) is 2.60. The molecule has 0 spiro atoms. The monoisotopic (exact) mass is 402 g/mol. The molecule has 3 aromatic rings. The van der Waals surface area contributed by atoms with E-state index in [0.717, 1.165) is 6.42 Å². The van der Waals surface area contributed by atoms with Gasteiger partial charge in [-0.3, -0.25) is 0 Å². The van der Waals surface area contributed by atoms with Crippen LogP contribution in [0.5, 0.6) is 0 Å². The molecule has 1 aromatic heterocycles. The molecule has 1 nitrogen and oxygen atoms in total. The molecule has 1 heteroatoms. The number of nitrogens with zero attached hydrogens (tertiary/aromatic N) is 1. The summed E-state index contributed by atoms with van der Waals surface area (Å²) in [6.45, 7) is 20.8. The number of benzene rings is 2. The summed E-state index contributed by atoms with van der Waals surface area (Å²) < 4.78 is 2.30. The Bertz CT molecular complexity index is 1070. The Morgan fingerprint density at radius 2 is 1.53 bits per heavy atom. The third-order valence-corrected chi connectivity index (χ3v) is 6.18. The molecule has 0 saturated heterocycles. The molecule has 0 atom stereocenters. The highest BCUT2D eigenvalue weighted by Gasteiger charge is 2.27.